The Hall–Kier alpha value is -3.15. The predicted octanol–water partition coefficient (Wildman–Crippen LogP) is -1.60. The molecule has 9 nitrogen and oxygen atoms in total. The van der Waals surface area contributed by atoms with Crippen LogP contribution in [0, 0.1) is 0 Å². The van der Waals surface area contributed by atoms with Gasteiger partial charge >= 0.3 is 6.18 Å². The molecule has 1 unspecified atom stereocenters. The van der Waals surface area contributed by atoms with Gasteiger partial charge in [-0.25, -0.2) is 0 Å². The summed E-state index contributed by atoms with van der Waals surface area (Å²) >= 11 is 0. The van der Waals surface area contributed by atoms with Gasteiger partial charge in [-0.15, -0.1) is 0 Å². The zero-order valence-electron chi connectivity index (χ0n) is 15.2. The Labute approximate surface area is 163 Å². The number of nitrogens with one attached hydrogen (secondary N) is 2. The highest BCUT2D eigenvalue weighted by Crippen LogP contribution is 2.32. The van der Waals surface area contributed by atoms with Gasteiger partial charge in [-0.3, -0.25) is 19.7 Å². The lowest BCUT2D eigenvalue weighted by Crippen LogP contribution is -2.53. The van der Waals surface area contributed by atoms with Gasteiger partial charge in [0.15, 0.2) is 0 Å². The summed E-state index contributed by atoms with van der Waals surface area (Å²) in [7, 11) is 0. The highest BCUT2D eigenvalue weighted by molar-refractivity contribution is 6.06. The smallest absolute Gasteiger partial charge is 0.430 e. The first-order valence-electron chi connectivity index (χ1n) is 8.64. The summed E-state index contributed by atoms with van der Waals surface area (Å²) in [6.45, 7) is 1.86. The molecular weight excluding hydrogens is 397 g/mol. The molecule has 0 saturated carbocycles. The molecule has 1 saturated heterocycles. The number of halogens is 3. The number of rotatable bonds is 4. The van der Waals surface area contributed by atoms with Crippen molar-refractivity contribution in [3.63, 3.8) is 0 Å². The third-order valence-corrected chi connectivity index (χ3v) is 4.31. The van der Waals surface area contributed by atoms with Crippen molar-refractivity contribution in [2.24, 2.45) is 0 Å². The van der Waals surface area contributed by atoms with E-state index in [-0.39, 0.29) is 24.1 Å². The van der Waals surface area contributed by atoms with Gasteiger partial charge in [0.1, 0.15) is 12.0 Å². The Morgan fingerprint density at radius 2 is 1.97 bits per heavy atom. The van der Waals surface area contributed by atoms with E-state index in [1.807, 2.05) is 12.1 Å². The van der Waals surface area contributed by atoms with E-state index in [0.717, 1.165) is 24.3 Å². The number of carboxylic acid groups (broad SMARTS) is 1. The van der Waals surface area contributed by atoms with E-state index in [4.69, 9.17) is 9.90 Å². The Bertz CT molecular complexity index is 828. The second-order valence-corrected chi connectivity index (χ2v) is 6.30. The number of carboxylic acids is 1. The van der Waals surface area contributed by atoms with Crippen molar-refractivity contribution < 1.29 is 43.2 Å². The Morgan fingerprint density at radius 3 is 2.52 bits per heavy atom. The molecule has 1 aromatic rings. The molecule has 29 heavy (non-hydrogen) atoms. The molecule has 5 N–H and O–H groups in total. The van der Waals surface area contributed by atoms with Crippen LogP contribution >= 0.6 is 0 Å². The molecule has 1 fully saturated rings. The summed E-state index contributed by atoms with van der Waals surface area (Å²) in [5.74, 6) is -3.82. The first-order valence-corrected chi connectivity index (χ1v) is 8.64. The number of aliphatic carboxylic acids is 1. The summed E-state index contributed by atoms with van der Waals surface area (Å²) in [5, 5.41) is 14.4. The number of nitrogens with zero attached hydrogens (tertiary/aromatic N) is 1. The molecule has 0 aromatic heterocycles. The van der Waals surface area contributed by atoms with E-state index in [2.05, 4.69) is 16.4 Å². The Kier molecular flexibility index (Phi) is 6.80. The van der Waals surface area contributed by atoms with Gasteiger partial charge in [0.25, 0.3) is 5.91 Å². The average Bonchev–Trinajstić information content (AvgIpc) is 2.97. The van der Waals surface area contributed by atoms with Crippen molar-refractivity contribution in [1.82, 2.24) is 10.2 Å². The monoisotopic (exact) mass is 416 g/mol. The number of hydrogen-bond acceptors (Lipinski definition) is 6. The fraction of sp³-hybridized carbons (Fsp3) is 0.412. The van der Waals surface area contributed by atoms with Crippen molar-refractivity contribution in [2.45, 2.75) is 31.6 Å². The number of imide groups is 1. The number of hydrogen-bond donors (Lipinski definition) is 3. The van der Waals surface area contributed by atoms with Crippen molar-refractivity contribution >= 4 is 29.4 Å². The molecule has 2 heterocycles. The van der Waals surface area contributed by atoms with Crippen LogP contribution < -0.4 is 21.5 Å². The molecule has 2 aliphatic heterocycles. The third-order valence-electron chi connectivity index (χ3n) is 4.31. The topological polar surface area (TPSA) is 146 Å². The van der Waals surface area contributed by atoms with Crippen LogP contribution in [0.5, 0.6) is 0 Å². The maximum atomic E-state index is 12.6. The van der Waals surface area contributed by atoms with Gasteiger partial charge in [0.05, 0.1) is 13.1 Å². The van der Waals surface area contributed by atoms with E-state index < -0.39 is 18.2 Å². The maximum absolute atomic E-state index is 12.6. The van der Waals surface area contributed by atoms with Gasteiger partial charge in [-0.1, -0.05) is 6.07 Å². The van der Waals surface area contributed by atoms with Crippen LogP contribution in [-0.4, -0.2) is 53.9 Å². The molecule has 3 rings (SSSR count). The zero-order chi connectivity index (χ0) is 21.8. The van der Waals surface area contributed by atoms with Crippen LogP contribution in [0.1, 0.15) is 28.8 Å². The van der Waals surface area contributed by atoms with Crippen LogP contribution in [0.15, 0.2) is 18.2 Å². The number of alkyl halides is 3. The molecule has 2 aliphatic rings. The van der Waals surface area contributed by atoms with E-state index in [0.29, 0.717) is 18.5 Å². The van der Waals surface area contributed by atoms with E-state index in [1.54, 1.807) is 11.0 Å². The van der Waals surface area contributed by atoms with Crippen molar-refractivity contribution in [1.29, 1.82) is 0 Å². The fourth-order valence-corrected chi connectivity index (χ4v) is 2.97. The standard InChI is InChI=1S/C15H18N4O3.C2HF3O2/c16-6-7-17-11-3-1-2-9-10(11)8-19(15(9)22)12-4-5-13(20)18-14(12)21;3-2(4,5)1(6)7/h1-3,12,17H,4-8,16H2,(H,18,20,21);(H,6,7). The summed E-state index contributed by atoms with van der Waals surface area (Å²) in [4.78, 5) is 46.2. The van der Waals surface area contributed by atoms with Gasteiger partial charge in [-0.2, -0.15) is 13.2 Å². The maximum Gasteiger partial charge on any atom is 0.430 e. The molecule has 0 spiro atoms. The number of anilines is 1. The number of carbonyl (C=O) groups excluding carboxylic acids is 4. The van der Waals surface area contributed by atoms with Crippen LogP contribution in [-0.2, 0) is 20.9 Å². The Balaban J connectivity index is 0.000000370. The van der Waals surface area contributed by atoms with Crippen LogP contribution in [0.4, 0.5) is 18.9 Å². The molecule has 12 heteroatoms. The number of fused-ring (bicyclic) bond motifs is 1. The fourth-order valence-electron chi connectivity index (χ4n) is 2.97. The van der Waals surface area contributed by atoms with Gasteiger partial charge in [0, 0.05) is 29.8 Å². The first-order chi connectivity index (χ1) is 13.6. The third kappa shape index (κ3) is 5.22. The number of amides is 3. The highest BCUT2D eigenvalue weighted by atomic mass is 19.4. The normalized spacial score (nSPS) is 18.6. The summed E-state index contributed by atoms with van der Waals surface area (Å²) < 4.78 is 31.5. The van der Waals surface area contributed by atoms with Crippen LogP contribution in [0.25, 0.3) is 0 Å². The molecule has 3 amide bonds. The quantitative estimate of drug-likeness (QED) is 0.504. The van der Waals surface area contributed by atoms with Crippen molar-refractivity contribution in [3.8, 4) is 0 Å². The predicted molar refractivity (Wildman–Crippen MR) is 89.8 cm³/mol. The summed E-state index contributed by atoms with van der Waals surface area (Å²) in [6.07, 6.45) is -4.55. The average molecular weight is 416 g/mol. The number of carbonyl (C=O) groups is 4. The minimum Gasteiger partial charge on any atom is -0.542 e. The minimum atomic E-state index is -5.19. The molecule has 0 radical (unpaired) electrons. The number of piperidine rings is 1. The molecule has 0 aliphatic carbocycles. The van der Waals surface area contributed by atoms with Gasteiger partial charge < -0.3 is 25.9 Å². The van der Waals surface area contributed by atoms with Crippen molar-refractivity contribution in [3.05, 3.63) is 29.3 Å². The minimum absolute atomic E-state index is 0.150. The lowest BCUT2D eigenvalue weighted by Gasteiger charge is -2.29. The molecule has 1 aromatic carbocycles. The zero-order valence-corrected chi connectivity index (χ0v) is 15.2. The second kappa shape index (κ2) is 8.90. The lowest BCUT2D eigenvalue weighted by molar-refractivity contribution is -0.362. The summed E-state index contributed by atoms with van der Waals surface area (Å²) in [5.41, 5.74) is 6.23. The number of benzene rings is 1. The first kappa shape index (κ1) is 22.1. The summed E-state index contributed by atoms with van der Waals surface area (Å²) in [6, 6.07) is 4.96. The molecule has 1 atom stereocenters. The SMILES string of the molecule is O=C([O-])C(F)(F)F.[NH3+]CCNc1cccc2c1CN(C1CCC(=O)NC1=O)C2=O. The lowest BCUT2D eigenvalue weighted by atomic mass is 10.0. The highest BCUT2D eigenvalue weighted by Gasteiger charge is 2.39. The largest absolute Gasteiger partial charge is 0.542 e. The van der Waals surface area contributed by atoms with E-state index in [1.165, 1.54) is 0 Å². The molecular formula is C17H19F3N4O5. The van der Waals surface area contributed by atoms with E-state index >= 15 is 0 Å². The number of quaternary nitrogens is 1. The van der Waals surface area contributed by atoms with E-state index in [9.17, 15) is 27.6 Å². The van der Waals surface area contributed by atoms with Gasteiger partial charge in [-0.05, 0) is 18.6 Å². The Morgan fingerprint density at radius 1 is 1.31 bits per heavy atom. The molecule has 158 valence electrons. The van der Waals surface area contributed by atoms with Crippen molar-refractivity contribution in [2.75, 3.05) is 18.4 Å². The molecule has 0 bridgehead atoms. The second-order valence-electron chi connectivity index (χ2n) is 6.30. The van der Waals surface area contributed by atoms with Gasteiger partial charge in [0.2, 0.25) is 11.8 Å². The van der Waals surface area contributed by atoms with Crippen LogP contribution in [0.2, 0.25) is 0 Å². The van der Waals surface area contributed by atoms with Crippen LogP contribution in [0.3, 0.4) is 0 Å².